The number of carbonyl (C=O) groups excluding carboxylic acids is 1. The van der Waals surface area contributed by atoms with Crippen LogP contribution < -0.4 is 10.1 Å². The molecule has 0 aliphatic rings. The molecule has 1 amide bonds. The van der Waals surface area contributed by atoms with Gasteiger partial charge in [-0.2, -0.15) is 0 Å². The highest BCUT2D eigenvalue weighted by Gasteiger charge is 2.22. The molecule has 8 heteroatoms. The van der Waals surface area contributed by atoms with Gasteiger partial charge in [0.1, 0.15) is 17.6 Å². The van der Waals surface area contributed by atoms with Gasteiger partial charge in [0.05, 0.1) is 12.0 Å². The van der Waals surface area contributed by atoms with Crippen LogP contribution in [0.4, 0.5) is 0 Å². The lowest BCUT2D eigenvalue weighted by atomic mass is 10.0. The maximum absolute atomic E-state index is 12.9. The molecule has 0 saturated heterocycles. The number of ether oxygens (including phenoxy) is 1. The number of amides is 1. The van der Waals surface area contributed by atoms with E-state index in [1.165, 1.54) is 12.1 Å². The van der Waals surface area contributed by atoms with Gasteiger partial charge in [0.25, 0.3) is 5.91 Å². The van der Waals surface area contributed by atoms with Crippen LogP contribution in [0.2, 0.25) is 0 Å². The predicted octanol–water partition coefficient (Wildman–Crippen LogP) is 2.35. The molecule has 1 aromatic heterocycles. The molecule has 0 aliphatic heterocycles. The number of carbonyl (C=O) groups is 1. The molecule has 0 fully saturated rings. The number of nitrogens with one attached hydrogen (secondary N) is 1. The average Bonchev–Trinajstić information content (AvgIpc) is 3.11. The molecule has 0 aliphatic carbocycles. The summed E-state index contributed by atoms with van der Waals surface area (Å²) in [6.45, 7) is 0. The van der Waals surface area contributed by atoms with E-state index < -0.39 is 21.8 Å². The Balaban J connectivity index is 1.98. The summed E-state index contributed by atoms with van der Waals surface area (Å²) in [5.41, 5.74) is 1.05. The van der Waals surface area contributed by atoms with Gasteiger partial charge in [-0.1, -0.05) is 18.2 Å². The molecular weight excluding hydrogens is 378 g/mol. The van der Waals surface area contributed by atoms with Crippen molar-refractivity contribution < 1.29 is 17.9 Å². The van der Waals surface area contributed by atoms with Crippen molar-refractivity contribution in [3.63, 3.8) is 0 Å². The fourth-order valence-electron chi connectivity index (χ4n) is 2.86. The van der Waals surface area contributed by atoms with Crippen molar-refractivity contribution in [3.05, 3.63) is 77.9 Å². The van der Waals surface area contributed by atoms with E-state index in [4.69, 9.17) is 4.74 Å². The van der Waals surface area contributed by atoms with Crippen molar-refractivity contribution in [2.24, 2.45) is 7.05 Å². The number of nitrogens with zero attached hydrogens (tertiary/aromatic N) is 2. The minimum absolute atomic E-state index is 0.0927. The van der Waals surface area contributed by atoms with Gasteiger partial charge in [-0.15, -0.1) is 0 Å². The van der Waals surface area contributed by atoms with Gasteiger partial charge in [-0.3, -0.25) is 4.79 Å². The lowest BCUT2D eigenvalue weighted by Gasteiger charge is -2.20. The van der Waals surface area contributed by atoms with E-state index in [0.717, 1.165) is 11.8 Å². The highest BCUT2D eigenvalue weighted by atomic mass is 32.2. The van der Waals surface area contributed by atoms with E-state index in [-0.39, 0.29) is 10.5 Å². The second kappa shape index (κ2) is 7.85. The molecule has 3 rings (SSSR count). The second-order valence-corrected chi connectivity index (χ2v) is 8.40. The molecule has 0 saturated carbocycles. The number of aromatic nitrogens is 2. The molecule has 1 N–H and O–H groups in total. The first-order chi connectivity index (χ1) is 13.3. The quantitative estimate of drug-likeness (QED) is 0.687. The van der Waals surface area contributed by atoms with Gasteiger partial charge < -0.3 is 14.6 Å². The van der Waals surface area contributed by atoms with Crippen molar-refractivity contribution in [2.45, 2.75) is 10.9 Å². The Bertz CT molecular complexity index is 1110. The lowest BCUT2D eigenvalue weighted by molar-refractivity contribution is 0.0941. The topological polar surface area (TPSA) is 90.3 Å². The van der Waals surface area contributed by atoms with Crippen LogP contribution in [-0.4, -0.2) is 37.2 Å². The molecule has 0 spiro atoms. The van der Waals surface area contributed by atoms with Crippen molar-refractivity contribution in [3.8, 4) is 5.75 Å². The van der Waals surface area contributed by atoms with Gasteiger partial charge in [-0.05, 0) is 35.9 Å². The third kappa shape index (κ3) is 4.23. The number of sulfone groups is 1. The van der Waals surface area contributed by atoms with Crippen molar-refractivity contribution in [1.29, 1.82) is 0 Å². The smallest absolute Gasteiger partial charge is 0.252 e. The highest BCUT2D eigenvalue weighted by Crippen LogP contribution is 2.25. The third-order valence-corrected chi connectivity index (χ3v) is 5.45. The Hall–Kier alpha value is -3.13. The first-order valence-corrected chi connectivity index (χ1v) is 10.4. The van der Waals surface area contributed by atoms with E-state index in [0.29, 0.717) is 11.6 Å². The first-order valence-electron chi connectivity index (χ1n) is 8.52. The summed E-state index contributed by atoms with van der Waals surface area (Å²) in [5.74, 6) is 0.896. The van der Waals surface area contributed by atoms with E-state index in [9.17, 15) is 13.2 Å². The van der Waals surface area contributed by atoms with Crippen molar-refractivity contribution >= 4 is 15.7 Å². The highest BCUT2D eigenvalue weighted by molar-refractivity contribution is 7.90. The summed E-state index contributed by atoms with van der Waals surface area (Å²) in [4.78, 5) is 17.4. The molecule has 2 aromatic carbocycles. The molecular formula is C20H21N3O4S. The summed E-state index contributed by atoms with van der Waals surface area (Å²) in [6, 6.07) is 12.8. The van der Waals surface area contributed by atoms with E-state index >= 15 is 0 Å². The molecule has 7 nitrogen and oxygen atoms in total. The molecule has 146 valence electrons. The molecule has 1 unspecified atom stereocenters. The first kappa shape index (κ1) is 19.6. The Morgan fingerprint density at radius 2 is 1.93 bits per heavy atom. The summed E-state index contributed by atoms with van der Waals surface area (Å²) in [7, 11) is 0.00139. The van der Waals surface area contributed by atoms with Gasteiger partial charge in [0.15, 0.2) is 9.84 Å². The van der Waals surface area contributed by atoms with Crippen LogP contribution in [-0.2, 0) is 16.9 Å². The van der Waals surface area contributed by atoms with E-state index in [1.807, 2.05) is 35.9 Å². The van der Waals surface area contributed by atoms with Crippen LogP contribution in [0.15, 0.2) is 65.8 Å². The van der Waals surface area contributed by atoms with E-state index in [1.54, 1.807) is 31.6 Å². The van der Waals surface area contributed by atoms with E-state index in [2.05, 4.69) is 10.3 Å². The van der Waals surface area contributed by atoms with Gasteiger partial charge in [0, 0.05) is 31.3 Å². The second-order valence-electron chi connectivity index (χ2n) is 6.38. The van der Waals surface area contributed by atoms with Crippen LogP contribution in [0, 0.1) is 0 Å². The van der Waals surface area contributed by atoms with Crippen LogP contribution in [0.3, 0.4) is 0 Å². The zero-order chi connectivity index (χ0) is 20.3. The number of methoxy groups -OCH3 is 1. The molecule has 1 atom stereocenters. The van der Waals surface area contributed by atoms with Crippen LogP contribution in [0.5, 0.6) is 5.75 Å². The molecule has 0 radical (unpaired) electrons. The zero-order valence-corrected chi connectivity index (χ0v) is 16.6. The minimum atomic E-state index is -3.41. The minimum Gasteiger partial charge on any atom is -0.497 e. The summed E-state index contributed by atoms with van der Waals surface area (Å²) >= 11 is 0. The number of imidazole rings is 1. The summed E-state index contributed by atoms with van der Waals surface area (Å²) in [5, 5.41) is 2.95. The molecule has 0 bridgehead atoms. The number of benzene rings is 2. The Kier molecular flexibility index (Phi) is 5.51. The maximum atomic E-state index is 12.9. The number of rotatable bonds is 6. The van der Waals surface area contributed by atoms with Gasteiger partial charge in [0.2, 0.25) is 0 Å². The number of hydrogen-bond acceptors (Lipinski definition) is 5. The predicted molar refractivity (Wildman–Crippen MR) is 105 cm³/mol. The van der Waals surface area contributed by atoms with Gasteiger partial charge >= 0.3 is 0 Å². The largest absolute Gasteiger partial charge is 0.497 e. The fraction of sp³-hybridized carbons (Fsp3) is 0.200. The van der Waals surface area contributed by atoms with Crippen molar-refractivity contribution in [1.82, 2.24) is 14.9 Å². The molecule has 1 heterocycles. The zero-order valence-electron chi connectivity index (χ0n) is 15.8. The Labute approximate surface area is 163 Å². The van der Waals surface area contributed by atoms with Crippen molar-refractivity contribution in [2.75, 3.05) is 13.4 Å². The number of aryl methyl sites for hydroxylation is 1. The molecule has 28 heavy (non-hydrogen) atoms. The van der Waals surface area contributed by atoms with Gasteiger partial charge in [-0.25, -0.2) is 13.4 Å². The monoisotopic (exact) mass is 399 g/mol. The SMILES string of the molecule is COc1cccc(C(NC(=O)c2cccc(S(C)(=O)=O)c2)c2nccn2C)c1. The summed E-state index contributed by atoms with van der Waals surface area (Å²) < 4.78 is 30.7. The maximum Gasteiger partial charge on any atom is 0.252 e. The van der Waals surface area contributed by atoms with Crippen LogP contribution >= 0.6 is 0 Å². The number of hydrogen-bond donors (Lipinski definition) is 1. The average molecular weight is 399 g/mol. The fourth-order valence-corrected chi connectivity index (χ4v) is 3.52. The van der Waals surface area contributed by atoms with Crippen LogP contribution in [0.1, 0.15) is 27.8 Å². The normalized spacial score (nSPS) is 12.4. The third-order valence-electron chi connectivity index (χ3n) is 4.34. The molecule has 3 aromatic rings. The standard InChI is InChI=1S/C20H21N3O4S/c1-23-11-10-21-19(23)18(14-6-4-8-16(12-14)27-2)22-20(24)15-7-5-9-17(13-15)28(3,25)26/h4-13,18H,1-3H3,(H,22,24). The Morgan fingerprint density at radius 3 is 2.57 bits per heavy atom. The Morgan fingerprint density at radius 1 is 1.18 bits per heavy atom. The lowest BCUT2D eigenvalue weighted by Crippen LogP contribution is -2.31. The van der Waals surface area contributed by atoms with Crippen LogP contribution in [0.25, 0.3) is 0 Å². The summed E-state index contributed by atoms with van der Waals surface area (Å²) in [6.07, 6.45) is 4.55.